The molecule has 3 N–H and O–H groups in total. The number of H-pyrrole nitrogens is 1. The fraction of sp³-hybridized carbons (Fsp3) is 0.238. The van der Waals surface area contributed by atoms with E-state index in [9.17, 15) is 13.6 Å². The highest BCUT2D eigenvalue weighted by molar-refractivity contribution is 6.06. The number of amides is 1. The monoisotopic (exact) mass is 414 g/mol. The van der Waals surface area contributed by atoms with E-state index in [4.69, 9.17) is 9.47 Å². The fourth-order valence-electron chi connectivity index (χ4n) is 3.41. The summed E-state index contributed by atoms with van der Waals surface area (Å²) in [6, 6.07) is 4.86. The van der Waals surface area contributed by atoms with Crippen molar-refractivity contribution >= 4 is 17.3 Å². The van der Waals surface area contributed by atoms with E-state index >= 15 is 0 Å². The Bertz CT molecular complexity index is 1060. The molecule has 1 aliphatic rings. The normalized spacial score (nSPS) is 13.0. The van der Waals surface area contributed by atoms with Gasteiger partial charge in [0.05, 0.1) is 29.7 Å². The molecule has 2 aromatic heterocycles. The molecular weight excluding hydrogens is 394 g/mol. The molecule has 1 aliphatic heterocycles. The van der Waals surface area contributed by atoms with E-state index in [1.54, 1.807) is 25.6 Å². The van der Waals surface area contributed by atoms with Crippen LogP contribution in [0.3, 0.4) is 0 Å². The number of hydrogen-bond donors (Lipinski definition) is 3. The van der Waals surface area contributed by atoms with Gasteiger partial charge in [-0.2, -0.15) is 0 Å². The molecule has 0 saturated heterocycles. The lowest BCUT2D eigenvalue weighted by atomic mass is 10.0. The maximum Gasteiger partial charge on any atom is 0.255 e. The van der Waals surface area contributed by atoms with Gasteiger partial charge in [-0.1, -0.05) is 0 Å². The average molecular weight is 414 g/mol. The summed E-state index contributed by atoms with van der Waals surface area (Å²) in [7, 11) is 1.57. The first-order valence-corrected chi connectivity index (χ1v) is 9.39. The molecule has 0 fully saturated rings. The zero-order chi connectivity index (χ0) is 21.1. The number of aromatic nitrogens is 2. The molecule has 3 aromatic rings. The van der Waals surface area contributed by atoms with Gasteiger partial charge < -0.3 is 25.1 Å². The molecule has 7 nitrogen and oxygen atoms in total. The predicted molar refractivity (Wildman–Crippen MR) is 107 cm³/mol. The van der Waals surface area contributed by atoms with E-state index in [1.807, 2.05) is 0 Å². The van der Waals surface area contributed by atoms with Crippen molar-refractivity contribution in [1.29, 1.82) is 0 Å². The zero-order valence-electron chi connectivity index (χ0n) is 16.2. The van der Waals surface area contributed by atoms with Crippen LogP contribution in [0.2, 0.25) is 0 Å². The highest BCUT2D eigenvalue weighted by Crippen LogP contribution is 2.40. The maximum absolute atomic E-state index is 13.7. The van der Waals surface area contributed by atoms with Gasteiger partial charge in [-0.3, -0.25) is 9.78 Å². The number of carbonyl (C=O) groups excluding carboxylic acids is 1. The van der Waals surface area contributed by atoms with Crippen molar-refractivity contribution in [2.75, 3.05) is 32.2 Å². The number of halogens is 2. The van der Waals surface area contributed by atoms with Gasteiger partial charge in [0.2, 0.25) is 0 Å². The maximum atomic E-state index is 13.7. The number of carbonyl (C=O) groups is 1. The van der Waals surface area contributed by atoms with Crippen LogP contribution in [-0.4, -0.2) is 42.7 Å². The number of aromatic amines is 1. The summed E-state index contributed by atoms with van der Waals surface area (Å²) in [6.45, 7) is 1.20. The Morgan fingerprint density at radius 3 is 2.77 bits per heavy atom. The van der Waals surface area contributed by atoms with Gasteiger partial charge in [-0.05, 0) is 18.2 Å². The topological polar surface area (TPSA) is 88.3 Å². The molecular formula is C21H20F2N4O3. The number of methoxy groups -OCH3 is 1. The van der Waals surface area contributed by atoms with Crippen molar-refractivity contribution in [3.05, 3.63) is 59.6 Å². The van der Waals surface area contributed by atoms with Crippen LogP contribution in [-0.2, 0) is 11.2 Å². The van der Waals surface area contributed by atoms with Crippen LogP contribution in [0.15, 0.2) is 36.7 Å². The lowest BCUT2D eigenvalue weighted by molar-refractivity contribution is 0.0947. The van der Waals surface area contributed by atoms with E-state index in [0.717, 1.165) is 23.9 Å². The number of nitrogens with zero attached hydrogens (tertiary/aromatic N) is 1. The van der Waals surface area contributed by atoms with Gasteiger partial charge in [0, 0.05) is 49.3 Å². The van der Waals surface area contributed by atoms with Crippen LogP contribution in [0.1, 0.15) is 16.1 Å². The molecule has 30 heavy (non-hydrogen) atoms. The van der Waals surface area contributed by atoms with E-state index in [0.29, 0.717) is 54.4 Å². The number of rotatable bonds is 7. The molecule has 156 valence electrons. The van der Waals surface area contributed by atoms with Crippen LogP contribution >= 0.6 is 0 Å². The van der Waals surface area contributed by atoms with Gasteiger partial charge >= 0.3 is 0 Å². The Kier molecular flexibility index (Phi) is 5.62. The molecule has 0 spiro atoms. The number of fused-ring (bicyclic) bond motifs is 1. The summed E-state index contributed by atoms with van der Waals surface area (Å²) in [5.74, 6) is -1.23. The number of anilines is 2. The molecule has 0 radical (unpaired) electrons. The molecule has 1 aromatic carbocycles. The molecule has 0 unspecified atom stereocenters. The van der Waals surface area contributed by atoms with Gasteiger partial charge in [-0.15, -0.1) is 0 Å². The SMILES string of the molecule is COCCOc1cnccc1-c1[nH]c2c(c1Nc1cc(F)cc(F)c1)C(=O)NCC2. The van der Waals surface area contributed by atoms with Crippen molar-refractivity contribution in [3.8, 4) is 17.0 Å². The Hall–Kier alpha value is -3.46. The Balaban J connectivity index is 1.82. The first-order valence-electron chi connectivity index (χ1n) is 9.39. The lowest BCUT2D eigenvalue weighted by Crippen LogP contribution is -2.31. The van der Waals surface area contributed by atoms with Crippen molar-refractivity contribution in [2.24, 2.45) is 0 Å². The summed E-state index contributed by atoms with van der Waals surface area (Å²) < 4.78 is 38.3. The van der Waals surface area contributed by atoms with E-state index in [2.05, 4.69) is 20.6 Å². The minimum Gasteiger partial charge on any atom is -0.489 e. The highest BCUT2D eigenvalue weighted by atomic mass is 19.1. The Morgan fingerprint density at radius 1 is 1.20 bits per heavy atom. The quantitative estimate of drug-likeness (QED) is 0.516. The lowest BCUT2D eigenvalue weighted by Gasteiger charge is -2.16. The standard InChI is InChI=1S/C21H20F2N4O3/c1-29-6-7-30-17-11-24-4-2-15(17)19-20(18-16(27-19)3-5-25-21(18)28)26-14-9-12(22)8-13(23)10-14/h2,4,8-11,26-27H,3,5-7H2,1H3,(H,25,28). The van der Waals surface area contributed by atoms with Crippen LogP contribution in [0.5, 0.6) is 5.75 Å². The van der Waals surface area contributed by atoms with E-state index in [1.165, 1.54) is 0 Å². The van der Waals surface area contributed by atoms with E-state index in [-0.39, 0.29) is 11.6 Å². The third-order valence-corrected chi connectivity index (χ3v) is 4.70. The largest absolute Gasteiger partial charge is 0.489 e. The third-order valence-electron chi connectivity index (χ3n) is 4.70. The van der Waals surface area contributed by atoms with Crippen molar-refractivity contribution < 1.29 is 23.0 Å². The van der Waals surface area contributed by atoms with Crippen LogP contribution in [0.4, 0.5) is 20.2 Å². The number of nitrogens with one attached hydrogen (secondary N) is 3. The summed E-state index contributed by atoms with van der Waals surface area (Å²) in [5, 5.41) is 5.81. The van der Waals surface area contributed by atoms with Gasteiger partial charge in [-0.25, -0.2) is 8.78 Å². The summed E-state index contributed by atoms with van der Waals surface area (Å²) in [6.07, 6.45) is 3.76. The Labute approximate surface area is 171 Å². The first kappa shape index (κ1) is 19.8. The molecule has 0 bridgehead atoms. The van der Waals surface area contributed by atoms with Gasteiger partial charge in [0.15, 0.2) is 0 Å². The average Bonchev–Trinajstić information content (AvgIpc) is 3.07. The molecule has 0 saturated carbocycles. The summed E-state index contributed by atoms with van der Waals surface area (Å²) in [4.78, 5) is 20.0. The predicted octanol–water partition coefficient (Wildman–Crippen LogP) is 3.41. The molecule has 3 heterocycles. The molecule has 4 rings (SSSR count). The van der Waals surface area contributed by atoms with Crippen molar-refractivity contribution in [1.82, 2.24) is 15.3 Å². The number of ether oxygens (including phenoxy) is 2. The summed E-state index contributed by atoms with van der Waals surface area (Å²) in [5.41, 5.74) is 2.95. The number of benzene rings is 1. The molecule has 1 amide bonds. The minimum atomic E-state index is -0.722. The number of pyridine rings is 1. The molecule has 0 aliphatic carbocycles. The molecule has 0 atom stereocenters. The van der Waals surface area contributed by atoms with Crippen molar-refractivity contribution in [3.63, 3.8) is 0 Å². The van der Waals surface area contributed by atoms with Gasteiger partial charge in [0.1, 0.15) is 24.0 Å². The van der Waals surface area contributed by atoms with Crippen LogP contribution in [0.25, 0.3) is 11.3 Å². The van der Waals surface area contributed by atoms with Gasteiger partial charge in [0.25, 0.3) is 5.91 Å². The third kappa shape index (κ3) is 3.97. The summed E-state index contributed by atoms with van der Waals surface area (Å²) >= 11 is 0. The second kappa shape index (κ2) is 8.50. The van der Waals surface area contributed by atoms with E-state index < -0.39 is 11.6 Å². The fourth-order valence-corrected chi connectivity index (χ4v) is 3.41. The smallest absolute Gasteiger partial charge is 0.255 e. The highest BCUT2D eigenvalue weighted by Gasteiger charge is 2.28. The second-order valence-electron chi connectivity index (χ2n) is 6.73. The molecule has 9 heteroatoms. The van der Waals surface area contributed by atoms with Crippen LogP contribution in [0, 0.1) is 11.6 Å². The minimum absolute atomic E-state index is 0.185. The van der Waals surface area contributed by atoms with Crippen molar-refractivity contribution in [2.45, 2.75) is 6.42 Å². The zero-order valence-corrected chi connectivity index (χ0v) is 16.2. The second-order valence-corrected chi connectivity index (χ2v) is 6.73. The first-order chi connectivity index (χ1) is 14.6. The van der Waals surface area contributed by atoms with Crippen LogP contribution < -0.4 is 15.4 Å². The number of hydrogen-bond acceptors (Lipinski definition) is 5. The Morgan fingerprint density at radius 2 is 2.00 bits per heavy atom.